The molecule has 0 saturated heterocycles. The lowest BCUT2D eigenvalue weighted by atomic mass is 10.2. The summed E-state index contributed by atoms with van der Waals surface area (Å²) in [6, 6.07) is 2.39. The normalized spacial score (nSPS) is 10.4. The molecule has 0 radical (unpaired) electrons. The number of guanidine groups is 1. The van der Waals surface area contributed by atoms with Crippen LogP contribution in [0.4, 0.5) is 0 Å². The first-order valence-electron chi connectivity index (χ1n) is 3.88. The standard InChI is InChI=1S/C8H10N4O3/c9-8(10)12-11-3-4-1-5(13)7(15)6(14)2-4/h1-3,13-15H,(H4,9,10,12)/b11-3+. The van der Waals surface area contributed by atoms with Crippen molar-refractivity contribution in [2.45, 2.75) is 0 Å². The van der Waals surface area contributed by atoms with Gasteiger partial charge in [0.2, 0.25) is 5.96 Å². The van der Waals surface area contributed by atoms with Gasteiger partial charge in [-0.05, 0) is 12.1 Å². The maximum atomic E-state index is 9.13. The van der Waals surface area contributed by atoms with E-state index in [0.29, 0.717) is 5.56 Å². The SMILES string of the molecule is N=C(N)N/N=C/c1cc(O)c(O)c(O)c1. The Morgan fingerprint density at radius 3 is 2.33 bits per heavy atom. The van der Waals surface area contributed by atoms with Gasteiger partial charge in [0.25, 0.3) is 0 Å². The van der Waals surface area contributed by atoms with Crippen molar-refractivity contribution in [2.24, 2.45) is 10.8 Å². The molecule has 0 bridgehead atoms. The maximum Gasteiger partial charge on any atom is 0.206 e. The molecule has 0 aromatic heterocycles. The number of phenolic OH excluding ortho intramolecular Hbond substituents is 3. The molecule has 0 heterocycles. The Kier molecular flexibility index (Phi) is 2.97. The molecule has 0 saturated carbocycles. The van der Waals surface area contributed by atoms with Crippen LogP contribution in [0.2, 0.25) is 0 Å². The highest BCUT2D eigenvalue weighted by molar-refractivity contribution is 5.83. The number of nitrogens with two attached hydrogens (primary N) is 1. The molecule has 0 spiro atoms. The number of nitrogens with zero attached hydrogens (tertiary/aromatic N) is 1. The third-order valence-electron chi connectivity index (χ3n) is 1.49. The zero-order valence-corrected chi connectivity index (χ0v) is 7.60. The summed E-state index contributed by atoms with van der Waals surface area (Å²) in [5.41, 5.74) is 7.46. The molecule has 0 aliphatic rings. The van der Waals surface area contributed by atoms with E-state index in [9.17, 15) is 0 Å². The fourth-order valence-electron chi connectivity index (χ4n) is 0.876. The summed E-state index contributed by atoms with van der Waals surface area (Å²) in [4.78, 5) is 0. The zero-order chi connectivity index (χ0) is 11.4. The van der Waals surface area contributed by atoms with Gasteiger partial charge in [-0.2, -0.15) is 5.10 Å². The van der Waals surface area contributed by atoms with Gasteiger partial charge in [0.1, 0.15) is 0 Å². The molecule has 7 N–H and O–H groups in total. The molecule has 0 atom stereocenters. The van der Waals surface area contributed by atoms with Crippen LogP contribution in [0.15, 0.2) is 17.2 Å². The topological polar surface area (TPSA) is 135 Å². The minimum Gasteiger partial charge on any atom is -0.504 e. The molecule has 1 aromatic rings. The van der Waals surface area contributed by atoms with Crippen molar-refractivity contribution in [1.82, 2.24) is 5.43 Å². The number of hydrogen-bond acceptors (Lipinski definition) is 5. The molecule has 7 heteroatoms. The lowest BCUT2D eigenvalue weighted by Gasteiger charge is -2.01. The van der Waals surface area contributed by atoms with Gasteiger partial charge in [0, 0.05) is 5.56 Å². The van der Waals surface area contributed by atoms with Crippen molar-refractivity contribution in [3.05, 3.63) is 17.7 Å². The number of aromatic hydroxyl groups is 3. The monoisotopic (exact) mass is 210 g/mol. The Labute approximate surface area is 85.0 Å². The van der Waals surface area contributed by atoms with Crippen molar-refractivity contribution in [2.75, 3.05) is 0 Å². The quantitative estimate of drug-likeness (QED) is 0.171. The maximum absolute atomic E-state index is 9.13. The summed E-state index contributed by atoms with van der Waals surface area (Å²) in [5, 5.41) is 37.6. The van der Waals surface area contributed by atoms with Crippen LogP contribution >= 0.6 is 0 Å². The number of nitrogens with one attached hydrogen (secondary N) is 2. The average Bonchev–Trinajstić information content (AvgIpc) is 2.13. The van der Waals surface area contributed by atoms with Crippen molar-refractivity contribution in [3.8, 4) is 17.2 Å². The number of benzene rings is 1. The van der Waals surface area contributed by atoms with Crippen LogP contribution in [0.1, 0.15) is 5.56 Å². The van der Waals surface area contributed by atoms with E-state index in [4.69, 9.17) is 26.5 Å². The molecule has 0 aliphatic carbocycles. The molecule has 15 heavy (non-hydrogen) atoms. The Morgan fingerprint density at radius 1 is 1.33 bits per heavy atom. The van der Waals surface area contributed by atoms with E-state index in [1.807, 2.05) is 0 Å². The molecular formula is C8H10N4O3. The molecule has 0 amide bonds. The molecule has 1 aromatic carbocycles. The Hall–Kier alpha value is -2.44. The minimum absolute atomic E-state index is 0.335. The van der Waals surface area contributed by atoms with Crippen LogP contribution < -0.4 is 11.2 Å². The van der Waals surface area contributed by atoms with Crippen LogP contribution in [0, 0.1) is 5.41 Å². The fourth-order valence-corrected chi connectivity index (χ4v) is 0.876. The number of phenols is 3. The highest BCUT2D eigenvalue weighted by Crippen LogP contribution is 2.34. The summed E-state index contributed by atoms with van der Waals surface area (Å²) in [6.07, 6.45) is 1.22. The van der Waals surface area contributed by atoms with Gasteiger partial charge in [-0.3, -0.25) is 5.41 Å². The third kappa shape index (κ3) is 2.76. The number of hydrazone groups is 1. The summed E-state index contributed by atoms with van der Waals surface area (Å²) < 4.78 is 0. The van der Waals surface area contributed by atoms with Gasteiger partial charge < -0.3 is 21.1 Å². The minimum atomic E-state index is -0.591. The molecule has 80 valence electrons. The van der Waals surface area contributed by atoms with Crippen LogP contribution in [-0.2, 0) is 0 Å². The first-order chi connectivity index (χ1) is 7.00. The Balaban J connectivity index is 2.87. The van der Waals surface area contributed by atoms with Gasteiger partial charge in [0.05, 0.1) is 6.21 Å². The van der Waals surface area contributed by atoms with Crippen LogP contribution in [0.5, 0.6) is 17.2 Å². The number of hydrogen-bond donors (Lipinski definition) is 6. The fraction of sp³-hybridized carbons (Fsp3) is 0. The van der Waals surface area contributed by atoms with Gasteiger partial charge in [-0.25, -0.2) is 5.43 Å². The van der Waals surface area contributed by atoms with E-state index < -0.39 is 17.2 Å². The molecule has 1 rings (SSSR count). The second-order valence-corrected chi connectivity index (χ2v) is 2.69. The second kappa shape index (κ2) is 4.18. The van der Waals surface area contributed by atoms with E-state index in [1.54, 1.807) is 0 Å². The van der Waals surface area contributed by atoms with E-state index in [2.05, 4.69) is 10.5 Å². The molecule has 7 nitrogen and oxygen atoms in total. The summed E-state index contributed by atoms with van der Waals surface area (Å²) in [5.74, 6) is -1.84. The van der Waals surface area contributed by atoms with Crippen LogP contribution in [-0.4, -0.2) is 27.5 Å². The molecule has 0 aliphatic heterocycles. The van der Waals surface area contributed by atoms with Gasteiger partial charge in [-0.15, -0.1) is 0 Å². The first-order valence-corrected chi connectivity index (χ1v) is 3.88. The first kappa shape index (κ1) is 10.6. The van der Waals surface area contributed by atoms with E-state index >= 15 is 0 Å². The molecular weight excluding hydrogens is 200 g/mol. The van der Waals surface area contributed by atoms with Gasteiger partial charge in [-0.1, -0.05) is 0 Å². The Bertz CT molecular complexity index is 393. The third-order valence-corrected chi connectivity index (χ3v) is 1.49. The highest BCUT2D eigenvalue weighted by atomic mass is 16.3. The van der Waals surface area contributed by atoms with E-state index in [-0.39, 0.29) is 5.96 Å². The Morgan fingerprint density at radius 2 is 1.87 bits per heavy atom. The highest BCUT2D eigenvalue weighted by Gasteiger charge is 2.06. The second-order valence-electron chi connectivity index (χ2n) is 2.69. The van der Waals surface area contributed by atoms with E-state index in [0.717, 1.165) is 0 Å². The summed E-state index contributed by atoms with van der Waals surface area (Å²) in [6.45, 7) is 0. The van der Waals surface area contributed by atoms with Crippen molar-refractivity contribution in [1.29, 1.82) is 5.41 Å². The lowest BCUT2D eigenvalue weighted by Crippen LogP contribution is -2.25. The van der Waals surface area contributed by atoms with Crippen molar-refractivity contribution < 1.29 is 15.3 Å². The summed E-state index contributed by atoms with van der Waals surface area (Å²) in [7, 11) is 0. The molecule has 0 unspecified atom stereocenters. The van der Waals surface area contributed by atoms with Crippen molar-refractivity contribution in [3.63, 3.8) is 0 Å². The summed E-state index contributed by atoms with van der Waals surface area (Å²) >= 11 is 0. The van der Waals surface area contributed by atoms with Gasteiger partial charge >= 0.3 is 0 Å². The number of rotatable bonds is 2. The van der Waals surface area contributed by atoms with Crippen LogP contribution in [0.25, 0.3) is 0 Å². The largest absolute Gasteiger partial charge is 0.504 e. The lowest BCUT2D eigenvalue weighted by molar-refractivity contribution is 0.368. The van der Waals surface area contributed by atoms with Crippen LogP contribution in [0.3, 0.4) is 0 Å². The van der Waals surface area contributed by atoms with Gasteiger partial charge in [0.15, 0.2) is 17.2 Å². The smallest absolute Gasteiger partial charge is 0.206 e. The van der Waals surface area contributed by atoms with Crippen molar-refractivity contribution >= 4 is 12.2 Å². The predicted octanol–water partition coefficient (Wildman–Crippen LogP) is -0.380. The zero-order valence-electron chi connectivity index (χ0n) is 7.60. The predicted molar refractivity (Wildman–Crippen MR) is 54.1 cm³/mol. The molecule has 0 fully saturated rings. The van der Waals surface area contributed by atoms with E-state index in [1.165, 1.54) is 18.3 Å². The average molecular weight is 210 g/mol.